The summed E-state index contributed by atoms with van der Waals surface area (Å²) in [6, 6.07) is 17.4. The highest BCUT2D eigenvalue weighted by molar-refractivity contribution is 7.89. The number of carbonyl (C=O) groups is 1. The third kappa shape index (κ3) is 4.24. The summed E-state index contributed by atoms with van der Waals surface area (Å²) in [6.07, 6.45) is 4.94. The number of fused-ring (bicyclic) bond motifs is 1. The number of carbonyl (C=O) groups excluding carboxylic acids is 1. The molecular weight excluding hydrogens is 460 g/mol. The van der Waals surface area contributed by atoms with Crippen LogP contribution in [-0.2, 0) is 10.0 Å². The zero-order valence-electron chi connectivity index (χ0n) is 16.9. The Labute approximate surface area is 192 Å². The van der Waals surface area contributed by atoms with E-state index in [1.165, 1.54) is 12.1 Å². The minimum atomic E-state index is -3.84. The molecule has 1 amide bonds. The van der Waals surface area contributed by atoms with Crippen molar-refractivity contribution in [3.8, 4) is 16.9 Å². The predicted molar refractivity (Wildman–Crippen MR) is 126 cm³/mol. The Kier molecular flexibility index (Phi) is 5.21. The number of nitrogens with two attached hydrogens (primary N) is 1. The first kappa shape index (κ1) is 20.9. The van der Waals surface area contributed by atoms with E-state index in [2.05, 4.69) is 20.4 Å². The second-order valence-electron chi connectivity index (χ2n) is 7.06. The van der Waals surface area contributed by atoms with Crippen LogP contribution in [0.4, 0.5) is 5.13 Å². The molecule has 2 aromatic carbocycles. The van der Waals surface area contributed by atoms with Crippen LogP contribution in [0.1, 0.15) is 10.4 Å². The van der Waals surface area contributed by atoms with E-state index in [1.807, 2.05) is 36.4 Å². The van der Waals surface area contributed by atoms with Crippen molar-refractivity contribution < 1.29 is 13.2 Å². The number of aromatic nitrogens is 4. The van der Waals surface area contributed by atoms with Gasteiger partial charge in [-0.1, -0.05) is 29.5 Å². The topological polar surface area (TPSA) is 133 Å². The van der Waals surface area contributed by atoms with E-state index in [4.69, 9.17) is 5.14 Å². The Balaban J connectivity index is 1.52. The first-order valence-electron chi connectivity index (χ1n) is 9.69. The number of pyridine rings is 1. The number of sulfonamides is 1. The normalized spacial score (nSPS) is 11.5. The smallest absolute Gasteiger partial charge is 0.261 e. The van der Waals surface area contributed by atoms with Gasteiger partial charge in [0.05, 0.1) is 26.4 Å². The Morgan fingerprint density at radius 2 is 1.88 bits per heavy atom. The number of para-hydroxylation sites is 1. The highest BCUT2D eigenvalue weighted by Crippen LogP contribution is 2.29. The van der Waals surface area contributed by atoms with E-state index in [-0.39, 0.29) is 4.90 Å². The second kappa shape index (κ2) is 8.20. The predicted octanol–water partition coefficient (Wildman–Crippen LogP) is 3.44. The molecule has 0 radical (unpaired) electrons. The van der Waals surface area contributed by atoms with Crippen LogP contribution in [0.3, 0.4) is 0 Å². The molecule has 0 saturated heterocycles. The maximum absolute atomic E-state index is 13.2. The molecule has 0 atom stereocenters. The van der Waals surface area contributed by atoms with E-state index < -0.39 is 15.9 Å². The summed E-state index contributed by atoms with van der Waals surface area (Å²) >= 11 is 1.15. The van der Waals surface area contributed by atoms with Crippen LogP contribution >= 0.6 is 11.3 Å². The molecule has 0 aliphatic carbocycles. The average molecular weight is 477 g/mol. The molecule has 0 spiro atoms. The van der Waals surface area contributed by atoms with Crippen molar-refractivity contribution in [3.63, 3.8) is 0 Å². The first-order valence-corrected chi connectivity index (χ1v) is 12.0. The number of primary sulfonamides is 1. The Hall–Kier alpha value is -3.93. The lowest BCUT2D eigenvalue weighted by Crippen LogP contribution is -2.12. The molecule has 0 aliphatic heterocycles. The van der Waals surface area contributed by atoms with Gasteiger partial charge >= 0.3 is 0 Å². The van der Waals surface area contributed by atoms with Crippen LogP contribution in [0.25, 0.3) is 27.2 Å². The zero-order chi connectivity index (χ0) is 23.0. The molecule has 11 heteroatoms. The van der Waals surface area contributed by atoms with Gasteiger partial charge in [0.25, 0.3) is 5.91 Å². The van der Waals surface area contributed by atoms with E-state index in [0.717, 1.165) is 17.0 Å². The molecule has 3 N–H and O–H groups in total. The van der Waals surface area contributed by atoms with E-state index in [1.54, 1.807) is 35.4 Å². The van der Waals surface area contributed by atoms with Crippen LogP contribution in [0, 0.1) is 0 Å². The van der Waals surface area contributed by atoms with Crippen LogP contribution in [0.2, 0.25) is 0 Å². The van der Waals surface area contributed by atoms with Crippen molar-refractivity contribution in [1.29, 1.82) is 0 Å². The molecule has 0 unspecified atom stereocenters. The minimum absolute atomic E-state index is 0.0143. The highest BCUT2D eigenvalue weighted by atomic mass is 32.2. The van der Waals surface area contributed by atoms with Gasteiger partial charge in [-0.2, -0.15) is 5.10 Å². The summed E-state index contributed by atoms with van der Waals surface area (Å²) in [6.45, 7) is 0. The van der Waals surface area contributed by atoms with Crippen LogP contribution in [0.15, 0.2) is 84.1 Å². The lowest BCUT2D eigenvalue weighted by atomic mass is 10.1. The van der Waals surface area contributed by atoms with Gasteiger partial charge < -0.3 is 0 Å². The maximum Gasteiger partial charge on any atom is 0.261 e. The van der Waals surface area contributed by atoms with Gasteiger partial charge in [0.2, 0.25) is 10.0 Å². The van der Waals surface area contributed by atoms with Crippen LogP contribution < -0.4 is 10.5 Å². The van der Waals surface area contributed by atoms with E-state index >= 15 is 0 Å². The zero-order valence-corrected chi connectivity index (χ0v) is 18.5. The number of benzene rings is 2. The summed E-state index contributed by atoms with van der Waals surface area (Å²) < 4.78 is 25.5. The number of thiazole rings is 1. The number of nitrogens with one attached hydrogen (secondary N) is 1. The molecule has 5 rings (SSSR count). The molecule has 0 bridgehead atoms. The quantitative estimate of drug-likeness (QED) is 0.399. The lowest BCUT2D eigenvalue weighted by molar-refractivity contribution is 0.102. The van der Waals surface area contributed by atoms with Gasteiger partial charge in [0.1, 0.15) is 5.69 Å². The van der Waals surface area contributed by atoms with Crippen molar-refractivity contribution in [2.45, 2.75) is 4.90 Å². The van der Waals surface area contributed by atoms with Crippen molar-refractivity contribution in [3.05, 3.63) is 84.8 Å². The monoisotopic (exact) mass is 476 g/mol. The molecule has 5 aromatic rings. The van der Waals surface area contributed by atoms with Gasteiger partial charge in [-0.15, -0.1) is 0 Å². The number of rotatable bonds is 5. The summed E-state index contributed by atoms with van der Waals surface area (Å²) in [5.41, 5.74) is 2.87. The molecule has 3 heterocycles. The summed E-state index contributed by atoms with van der Waals surface area (Å²) in [5.74, 6) is -0.401. The second-order valence-corrected chi connectivity index (χ2v) is 9.65. The summed E-state index contributed by atoms with van der Waals surface area (Å²) in [4.78, 5) is 21.7. The molecule has 9 nitrogen and oxygen atoms in total. The third-order valence-electron chi connectivity index (χ3n) is 4.82. The first-order chi connectivity index (χ1) is 15.9. The van der Waals surface area contributed by atoms with Gasteiger partial charge in [-0.25, -0.2) is 23.2 Å². The fourth-order valence-electron chi connectivity index (χ4n) is 3.27. The van der Waals surface area contributed by atoms with Crippen LogP contribution in [0.5, 0.6) is 0 Å². The van der Waals surface area contributed by atoms with Crippen molar-refractivity contribution in [1.82, 2.24) is 19.7 Å². The van der Waals surface area contributed by atoms with E-state index in [0.29, 0.717) is 32.2 Å². The fourth-order valence-corrected chi connectivity index (χ4v) is 4.78. The highest BCUT2D eigenvalue weighted by Gasteiger charge is 2.20. The van der Waals surface area contributed by atoms with Crippen LogP contribution in [-0.4, -0.2) is 34.1 Å². The molecule has 164 valence electrons. The molecular formula is C22H16N6O3S2. The standard InChI is InChI=1S/C22H16N6O3S2/c23-33(30,31)16-8-9-18-19(11-16)32-22(25-18)26-21(29)17-13-28(15-6-2-1-3-7-15)27-20(17)14-5-4-10-24-12-14/h1-13H,(H2,23,30,31)(H,25,26,29). The number of hydrogen-bond donors (Lipinski definition) is 2. The summed E-state index contributed by atoms with van der Waals surface area (Å²) in [7, 11) is -3.84. The van der Waals surface area contributed by atoms with Crippen molar-refractivity contribution in [2.75, 3.05) is 5.32 Å². The van der Waals surface area contributed by atoms with Crippen molar-refractivity contribution in [2.24, 2.45) is 5.14 Å². The van der Waals surface area contributed by atoms with Crippen molar-refractivity contribution >= 4 is 42.6 Å². The lowest BCUT2D eigenvalue weighted by Gasteiger charge is -2.02. The third-order valence-corrected chi connectivity index (χ3v) is 6.67. The minimum Gasteiger partial charge on any atom is -0.298 e. The number of amides is 1. The Bertz CT molecular complexity index is 1580. The fraction of sp³-hybridized carbons (Fsp3) is 0. The van der Waals surface area contributed by atoms with Gasteiger partial charge in [-0.05, 0) is 42.5 Å². The van der Waals surface area contributed by atoms with E-state index in [9.17, 15) is 13.2 Å². The van der Waals surface area contributed by atoms with Gasteiger partial charge in [0.15, 0.2) is 5.13 Å². The number of nitrogens with zero attached hydrogens (tertiary/aromatic N) is 4. The summed E-state index contributed by atoms with van der Waals surface area (Å²) in [5, 5.41) is 12.9. The van der Waals surface area contributed by atoms with Gasteiger partial charge in [-0.3, -0.25) is 15.1 Å². The average Bonchev–Trinajstić information content (AvgIpc) is 3.43. The molecule has 33 heavy (non-hydrogen) atoms. The maximum atomic E-state index is 13.2. The SMILES string of the molecule is NS(=O)(=O)c1ccc2nc(NC(=O)c3cn(-c4ccccc4)nc3-c3cccnc3)sc2c1. The largest absolute Gasteiger partial charge is 0.298 e. The number of anilines is 1. The number of hydrogen-bond acceptors (Lipinski definition) is 7. The molecule has 0 fully saturated rings. The Morgan fingerprint density at radius 1 is 1.06 bits per heavy atom. The Morgan fingerprint density at radius 3 is 2.61 bits per heavy atom. The molecule has 0 saturated carbocycles. The molecule has 0 aliphatic rings. The van der Waals surface area contributed by atoms with Gasteiger partial charge in [0, 0.05) is 24.2 Å². The molecule has 3 aromatic heterocycles.